The van der Waals surface area contributed by atoms with Crippen molar-refractivity contribution >= 4 is 11.9 Å². The number of carbonyl (C=O) groups excluding carboxylic acids is 2. The minimum atomic E-state index is -5.92. The molecule has 0 heterocycles. The summed E-state index contributed by atoms with van der Waals surface area (Å²) in [5, 5.41) is 0. The van der Waals surface area contributed by atoms with Gasteiger partial charge in [-0.25, -0.2) is 14.0 Å². The monoisotopic (exact) mass is 430 g/mol. The molecule has 29 heavy (non-hydrogen) atoms. The van der Waals surface area contributed by atoms with Crippen LogP contribution >= 0.6 is 0 Å². The fourth-order valence-corrected chi connectivity index (χ4v) is 1.70. The third-order valence-corrected chi connectivity index (χ3v) is 2.99. The van der Waals surface area contributed by atoms with Crippen LogP contribution in [0.4, 0.5) is 30.7 Å². The van der Waals surface area contributed by atoms with Crippen molar-refractivity contribution in [3.63, 3.8) is 0 Å². The lowest BCUT2D eigenvalue weighted by Crippen LogP contribution is -2.45. The Hall–Kier alpha value is -2.89. The number of hydrogen-bond donors (Lipinski definition) is 0. The van der Waals surface area contributed by atoms with E-state index in [1.165, 1.54) is 6.08 Å². The minimum Gasteiger partial charge on any atom is -0.439 e. The van der Waals surface area contributed by atoms with Gasteiger partial charge in [0.25, 0.3) is 6.10 Å². The fraction of sp³-hybridized carbons (Fsp3) is 0.294. The molecule has 0 saturated heterocycles. The van der Waals surface area contributed by atoms with Crippen LogP contribution in [-0.2, 0) is 14.3 Å². The first-order valence-corrected chi connectivity index (χ1v) is 7.50. The Bertz CT molecular complexity index is 769. The second-order valence-electron chi connectivity index (χ2n) is 5.31. The smallest absolute Gasteiger partial charge is 0.434 e. The number of esters is 2. The zero-order chi connectivity index (χ0) is 22.4. The Morgan fingerprint density at radius 2 is 1.69 bits per heavy atom. The van der Waals surface area contributed by atoms with Crippen LogP contribution in [0.25, 0.3) is 0 Å². The summed E-state index contributed by atoms with van der Waals surface area (Å²) in [6.07, 6.45) is -14.8. The van der Waals surface area contributed by atoms with Gasteiger partial charge >= 0.3 is 24.3 Å². The lowest BCUT2D eigenvalue weighted by Gasteiger charge is -2.22. The number of halogens is 7. The quantitative estimate of drug-likeness (QED) is 0.155. The van der Waals surface area contributed by atoms with Crippen LogP contribution in [0.3, 0.4) is 0 Å². The van der Waals surface area contributed by atoms with Crippen molar-refractivity contribution < 1.29 is 54.5 Å². The Morgan fingerprint density at radius 3 is 2.17 bits per heavy atom. The Morgan fingerprint density at radius 1 is 1.10 bits per heavy atom. The van der Waals surface area contributed by atoms with E-state index in [1.54, 1.807) is 0 Å². The summed E-state index contributed by atoms with van der Waals surface area (Å²) in [5.74, 6) is -5.36. The molecule has 5 nitrogen and oxygen atoms in total. The summed E-state index contributed by atoms with van der Waals surface area (Å²) in [6.45, 7) is 6.52. The number of rotatable bonds is 8. The molecule has 12 heteroatoms. The summed E-state index contributed by atoms with van der Waals surface area (Å²) in [4.78, 5) is 23.3. The highest BCUT2D eigenvalue weighted by Crippen LogP contribution is 2.36. The summed E-state index contributed by atoms with van der Waals surface area (Å²) < 4.78 is 101. The number of carbonyl (C=O) groups is 2. The van der Waals surface area contributed by atoms with Crippen LogP contribution in [0.1, 0.15) is 10.4 Å². The average molecular weight is 430 g/mol. The average Bonchev–Trinajstić information content (AvgIpc) is 2.59. The molecule has 0 amide bonds. The van der Waals surface area contributed by atoms with Crippen LogP contribution in [0, 0.1) is 5.82 Å². The maximum atomic E-state index is 13.9. The van der Waals surface area contributed by atoms with Crippen molar-refractivity contribution in [2.24, 2.45) is 0 Å². The number of ether oxygens (including phenoxy) is 3. The van der Waals surface area contributed by atoms with E-state index in [0.29, 0.717) is 12.1 Å². The van der Waals surface area contributed by atoms with Crippen molar-refractivity contribution in [3.05, 3.63) is 54.4 Å². The molecule has 0 saturated carbocycles. The van der Waals surface area contributed by atoms with Gasteiger partial charge in [-0.15, -0.1) is 6.58 Å². The van der Waals surface area contributed by atoms with Gasteiger partial charge in [-0.05, 0) is 18.2 Å². The number of hydrogen-bond acceptors (Lipinski definition) is 5. The summed E-state index contributed by atoms with van der Waals surface area (Å²) in [6, 6.07) is 1.53. The molecule has 1 aromatic carbocycles. The molecule has 0 spiro atoms. The predicted molar refractivity (Wildman–Crippen MR) is 83.5 cm³/mol. The van der Waals surface area contributed by atoms with Gasteiger partial charge < -0.3 is 14.2 Å². The molecular formula is C17H13F7O5. The van der Waals surface area contributed by atoms with Crippen LogP contribution < -0.4 is 4.74 Å². The lowest BCUT2D eigenvalue weighted by atomic mass is 10.2. The first-order valence-electron chi connectivity index (χ1n) is 7.50. The van der Waals surface area contributed by atoms with Gasteiger partial charge in [0.2, 0.25) is 0 Å². The Labute approximate surface area is 159 Å². The second-order valence-corrected chi connectivity index (χ2v) is 5.31. The first kappa shape index (κ1) is 24.1. The molecule has 0 aromatic heterocycles. The molecule has 0 aliphatic heterocycles. The third-order valence-electron chi connectivity index (χ3n) is 2.99. The maximum absolute atomic E-state index is 13.9. The van der Waals surface area contributed by atoms with E-state index in [1.807, 2.05) is 0 Å². The van der Waals surface area contributed by atoms with Crippen molar-refractivity contribution in [2.45, 2.75) is 18.5 Å². The van der Waals surface area contributed by atoms with Crippen LogP contribution in [0.2, 0.25) is 0 Å². The zero-order valence-corrected chi connectivity index (χ0v) is 14.4. The highest BCUT2D eigenvalue weighted by Gasteiger charge is 2.59. The van der Waals surface area contributed by atoms with E-state index in [4.69, 9.17) is 4.74 Å². The van der Waals surface area contributed by atoms with E-state index in [9.17, 15) is 40.3 Å². The van der Waals surface area contributed by atoms with Crippen LogP contribution in [-0.4, -0.2) is 43.6 Å². The molecular weight excluding hydrogens is 417 g/mol. The Balaban J connectivity index is 2.89. The molecule has 1 aromatic rings. The van der Waals surface area contributed by atoms with Gasteiger partial charge in [0.1, 0.15) is 0 Å². The van der Waals surface area contributed by atoms with Crippen LogP contribution in [0.5, 0.6) is 5.75 Å². The topological polar surface area (TPSA) is 61.8 Å². The van der Waals surface area contributed by atoms with E-state index >= 15 is 0 Å². The first-order chi connectivity index (χ1) is 13.3. The number of benzene rings is 1. The van der Waals surface area contributed by atoms with Gasteiger partial charge in [0.15, 0.2) is 11.6 Å². The lowest BCUT2D eigenvalue weighted by molar-refractivity contribution is -0.307. The molecule has 0 N–H and O–H groups in total. The molecule has 1 rings (SSSR count). The van der Waals surface area contributed by atoms with Gasteiger partial charge in [-0.2, -0.15) is 26.3 Å². The summed E-state index contributed by atoms with van der Waals surface area (Å²) >= 11 is 0. The molecule has 0 unspecified atom stereocenters. The standard InChI is InChI=1S/C17H13F7O5/c1-3-6-27-8-9(2)13(25)28-12-5-4-10(7-11(12)18)14(26)29-15(16(19,20)21)17(22,23)24/h3-5,7,15H,1-2,6,8H2. The number of alkyl halides is 6. The minimum absolute atomic E-state index is 0.0916. The van der Waals surface area contributed by atoms with Gasteiger partial charge in [0, 0.05) is 0 Å². The highest BCUT2D eigenvalue weighted by atomic mass is 19.4. The third kappa shape index (κ3) is 7.22. The zero-order valence-electron chi connectivity index (χ0n) is 14.4. The maximum Gasteiger partial charge on any atom is 0.434 e. The molecule has 0 atom stereocenters. The largest absolute Gasteiger partial charge is 0.439 e. The molecule has 0 radical (unpaired) electrons. The van der Waals surface area contributed by atoms with Crippen molar-refractivity contribution in [2.75, 3.05) is 13.2 Å². The molecule has 160 valence electrons. The van der Waals surface area contributed by atoms with Gasteiger partial charge in [-0.1, -0.05) is 12.7 Å². The SMILES string of the molecule is C=CCOCC(=C)C(=O)Oc1ccc(C(=O)OC(C(F)(F)F)C(F)(F)F)cc1F. The van der Waals surface area contributed by atoms with Gasteiger partial charge in [0.05, 0.1) is 24.4 Å². The van der Waals surface area contributed by atoms with Crippen molar-refractivity contribution in [3.8, 4) is 5.75 Å². The van der Waals surface area contributed by atoms with Crippen molar-refractivity contribution in [1.82, 2.24) is 0 Å². The predicted octanol–water partition coefficient (Wildman–Crippen LogP) is 4.14. The van der Waals surface area contributed by atoms with Gasteiger partial charge in [-0.3, -0.25) is 0 Å². The molecule has 0 fully saturated rings. The van der Waals surface area contributed by atoms with E-state index in [0.717, 1.165) is 0 Å². The van der Waals surface area contributed by atoms with Crippen LogP contribution in [0.15, 0.2) is 43.0 Å². The fourth-order valence-electron chi connectivity index (χ4n) is 1.70. The molecule has 0 bridgehead atoms. The van der Waals surface area contributed by atoms with E-state index < -0.39 is 47.5 Å². The van der Waals surface area contributed by atoms with Crippen molar-refractivity contribution in [1.29, 1.82) is 0 Å². The summed E-state index contributed by atoms with van der Waals surface area (Å²) in [7, 11) is 0. The second kappa shape index (κ2) is 9.54. The summed E-state index contributed by atoms with van der Waals surface area (Å²) in [5.41, 5.74) is -1.18. The van der Waals surface area contributed by atoms with E-state index in [2.05, 4.69) is 22.6 Å². The Kier molecular flexibility index (Phi) is 7.95. The molecule has 0 aliphatic carbocycles. The highest BCUT2D eigenvalue weighted by molar-refractivity contribution is 5.91. The normalized spacial score (nSPS) is 11.9. The van der Waals surface area contributed by atoms with E-state index in [-0.39, 0.29) is 24.9 Å². The molecule has 0 aliphatic rings.